The van der Waals surface area contributed by atoms with Crippen molar-refractivity contribution < 1.29 is 8.42 Å². The molecule has 1 heterocycles. The highest BCUT2D eigenvalue weighted by Gasteiger charge is 2.19. The van der Waals surface area contributed by atoms with Crippen molar-refractivity contribution in [2.75, 3.05) is 16.6 Å². The first kappa shape index (κ1) is 14.4. The largest absolute Gasteiger partial charge is 0.384 e. The summed E-state index contributed by atoms with van der Waals surface area (Å²) in [5, 5.41) is 3.20. The zero-order valence-corrected chi connectivity index (χ0v) is 13.9. The van der Waals surface area contributed by atoms with Gasteiger partial charge in [0.2, 0.25) is 0 Å². The van der Waals surface area contributed by atoms with Crippen LogP contribution in [0.4, 0.5) is 11.4 Å². The van der Waals surface area contributed by atoms with Crippen LogP contribution in [0.3, 0.4) is 0 Å². The molecule has 0 atom stereocenters. The van der Waals surface area contributed by atoms with Gasteiger partial charge >= 0.3 is 0 Å². The summed E-state index contributed by atoms with van der Waals surface area (Å²) >= 11 is 3.37. The van der Waals surface area contributed by atoms with Crippen molar-refractivity contribution in [2.45, 2.75) is 18.2 Å². The van der Waals surface area contributed by atoms with Gasteiger partial charge in [0.1, 0.15) is 0 Å². The minimum absolute atomic E-state index is 0.276. The molecule has 1 aliphatic heterocycles. The molecule has 0 radical (unpaired) electrons. The second-order valence-electron chi connectivity index (χ2n) is 5.06. The molecule has 0 bridgehead atoms. The van der Waals surface area contributed by atoms with Gasteiger partial charge in [-0.3, -0.25) is 4.72 Å². The van der Waals surface area contributed by atoms with Crippen LogP contribution in [0.1, 0.15) is 11.1 Å². The third-order valence-corrected chi connectivity index (χ3v) is 5.39. The van der Waals surface area contributed by atoms with E-state index in [-0.39, 0.29) is 4.90 Å². The summed E-state index contributed by atoms with van der Waals surface area (Å²) in [6, 6.07) is 10.7. The Balaban J connectivity index is 1.93. The van der Waals surface area contributed by atoms with Crippen molar-refractivity contribution in [3.8, 4) is 0 Å². The van der Waals surface area contributed by atoms with Gasteiger partial charge in [0.05, 0.1) is 10.6 Å². The van der Waals surface area contributed by atoms with Gasteiger partial charge in [-0.1, -0.05) is 22.0 Å². The van der Waals surface area contributed by atoms with E-state index in [2.05, 4.69) is 26.0 Å². The van der Waals surface area contributed by atoms with Crippen molar-refractivity contribution >= 4 is 37.3 Å². The summed E-state index contributed by atoms with van der Waals surface area (Å²) in [7, 11) is -3.58. The van der Waals surface area contributed by atoms with E-state index in [1.54, 1.807) is 18.2 Å². The number of hydrogen-bond donors (Lipinski definition) is 2. The van der Waals surface area contributed by atoms with Crippen molar-refractivity contribution in [3.05, 3.63) is 52.0 Å². The molecule has 4 nitrogen and oxygen atoms in total. The average Bonchev–Trinajstić information content (AvgIpc) is 2.89. The predicted octanol–water partition coefficient (Wildman–Crippen LogP) is 3.53. The summed E-state index contributed by atoms with van der Waals surface area (Å²) in [6.07, 6.45) is 0.939. The summed E-state index contributed by atoms with van der Waals surface area (Å²) < 4.78 is 28.5. The van der Waals surface area contributed by atoms with Crippen molar-refractivity contribution in [1.82, 2.24) is 0 Å². The van der Waals surface area contributed by atoms with E-state index in [0.29, 0.717) is 5.69 Å². The van der Waals surface area contributed by atoms with Crippen LogP contribution in [-0.4, -0.2) is 15.0 Å². The fourth-order valence-electron chi connectivity index (χ4n) is 2.38. The molecule has 0 spiro atoms. The van der Waals surface area contributed by atoms with Gasteiger partial charge in [0.15, 0.2) is 0 Å². The van der Waals surface area contributed by atoms with E-state index >= 15 is 0 Å². The molecule has 0 aliphatic carbocycles. The molecule has 0 amide bonds. The van der Waals surface area contributed by atoms with Crippen LogP contribution in [0.25, 0.3) is 0 Å². The van der Waals surface area contributed by atoms with Gasteiger partial charge in [-0.15, -0.1) is 0 Å². The number of rotatable bonds is 3. The highest BCUT2D eigenvalue weighted by Crippen LogP contribution is 2.27. The molecule has 1 aliphatic rings. The molecule has 0 saturated carbocycles. The van der Waals surface area contributed by atoms with Crippen LogP contribution in [0.2, 0.25) is 0 Å². The lowest BCUT2D eigenvalue weighted by atomic mass is 10.2. The Kier molecular flexibility index (Phi) is 3.67. The summed E-state index contributed by atoms with van der Waals surface area (Å²) in [5.74, 6) is 0. The molecular formula is C15H15BrN2O2S. The van der Waals surface area contributed by atoms with E-state index in [1.165, 1.54) is 0 Å². The number of nitrogens with one attached hydrogen (secondary N) is 2. The van der Waals surface area contributed by atoms with E-state index < -0.39 is 10.0 Å². The summed E-state index contributed by atoms with van der Waals surface area (Å²) in [5.41, 5.74) is 3.53. The van der Waals surface area contributed by atoms with Crippen LogP contribution in [0, 0.1) is 6.92 Å². The van der Waals surface area contributed by atoms with Gasteiger partial charge in [-0.2, -0.15) is 0 Å². The molecule has 0 aromatic heterocycles. The van der Waals surface area contributed by atoms with E-state index in [0.717, 1.165) is 34.3 Å². The first-order chi connectivity index (χ1) is 9.95. The Hall–Kier alpha value is -1.53. The maximum atomic E-state index is 12.5. The minimum atomic E-state index is -3.58. The SMILES string of the molecule is Cc1cc(Br)ccc1NS(=O)(=O)c1ccc2c(c1)NCC2. The first-order valence-electron chi connectivity index (χ1n) is 6.61. The second kappa shape index (κ2) is 5.35. The second-order valence-corrected chi connectivity index (χ2v) is 7.66. The topological polar surface area (TPSA) is 58.2 Å². The number of anilines is 2. The van der Waals surface area contributed by atoms with Crippen LogP contribution in [-0.2, 0) is 16.4 Å². The summed E-state index contributed by atoms with van der Waals surface area (Å²) in [4.78, 5) is 0.276. The molecule has 0 unspecified atom stereocenters. The van der Waals surface area contributed by atoms with Gasteiger partial charge in [-0.25, -0.2) is 8.42 Å². The Morgan fingerprint density at radius 3 is 2.76 bits per heavy atom. The molecule has 2 N–H and O–H groups in total. The lowest BCUT2D eigenvalue weighted by Crippen LogP contribution is -2.14. The smallest absolute Gasteiger partial charge is 0.261 e. The van der Waals surface area contributed by atoms with Gasteiger partial charge in [0, 0.05) is 16.7 Å². The predicted molar refractivity (Wildman–Crippen MR) is 88.3 cm³/mol. The number of benzene rings is 2. The molecule has 6 heteroatoms. The highest BCUT2D eigenvalue weighted by molar-refractivity contribution is 9.10. The number of halogens is 1. The first-order valence-corrected chi connectivity index (χ1v) is 8.89. The van der Waals surface area contributed by atoms with E-state index in [9.17, 15) is 8.42 Å². The van der Waals surface area contributed by atoms with Crippen LogP contribution >= 0.6 is 15.9 Å². The third kappa shape index (κ3) is 2.91. The zero-order chi connectivity index (χ0) is 15.0. The minimum Gasteiger partial charge on any atom is -0.384 e. The number of hydrogen-bond acceptors (Lipinski definition) is 3. The van der Waals surface area contributed by atoms with Gasteiger partial charge in [-0.05, 0) is 54.8 Å². The molecule has 0 fully saturated rings. The molecule has 3 rings (SSSR count). The Morgan fingerprint density at radius 1 is 1.19 bits per heavy atom. The monoisotopic (exact) mass is 366 g/mol. The Morgan fingerprint density at radius 2 is 2.00 bits per heavy atom. The lowest BCUT2D eigenvalue weighted by molar-refractivity contribution is 0.601. The maximum absolute atomic E-state index is 12.5. The quantitative estimate of drug-likeness (QED) is 0.873. The molecule has 110 valence electrons. The fraction of sp³-hybridized carbons (Fsp3) is 0.200. The molecule has 21 heavy (non-hydrogen) atoms. The highest BCUT2D eigenvalue weighted by atomic mass is 79.9. The average molecular weight is 367 g/mol. The van der Waals surface area contributed by atoms with Gasteiger partial charge in [0.25, 0.3) is 10.0 Å². The molecule has 2 aromatic rings. The zero-order valence-electron chi connectivity index (χ0n) is 11.5. The third-order valence-electron chi connectivity index (χ3n) is 3.53. The van der Waals surface area contributed by atoms with Crippen LogP contribution < -0.4 is 10.0 Å². The Labute approximate surface area is 132 Å². The number of sulfonamides is 1. The number of aryl methyl sites for hydroxylation is 1. The molecular weight excluding hydrogens is 352 g/mol. The number of fused-ring (bicyclic) bond motifs is 1. The normalized spacial score (nSPS) is 13.6. The summed E-state index contributed by atoms with van der Waals surface area (Å²) in [6.45, 7) is 2.73. The fourth-order valence-corrected chi connectivity index (χ4v) is 4.01. The Bertz CT molecular complexity index is 803. The van der Waals surface area contributed by atoms with E-state index in [4.69, 9.17) is 0 Å². The molecule has 0 saturated heterocycles. The van der Waals surface area contributed by atoms with Crippen LogP contribution in [0.5, 0.6) is 0 Å². The molecule has 2 aromatic carbocycles. The maximum Gasteiger partial charge on any atom is 0.261 e. The standard InChI is InChI=1S/C15H15BrN2O2S/c1-10-8-12(16)3-5-14(10)18-21(19,20)13-4-2-11-6-7-17-15(11)9-13/h2-5,8-9,17-18H,6-7H2,1H3. The van der Waals surface area contributed by atoms with Crippen molar-refractivity contribution in [3.63, 3.8) is 0 Å². The van der Waals surface area contributed by atoms with Crippen LogP contribution in [0.15, 0.2) is 45.8 Å². The van der Waals surface area contributed by atoms with Gasteiger partial charge < -0.3 is 5.32 Å². The van der Waals surface area contributed by atoms with Crippen molar-refractivity contribution in [2.24, 2.45) is 0 Å². The lowest BCUT2D eigenvalue weighted by Gasteiger charge is -2.12. The van der Waals surface area contributed by atoms with E-state index in [1.807, 2.05) is 25.1 Å². The van der Waals surface area contributed by atoms with Crippen molar-refractivity contribution in [1.29, 1.82) is 0 Å².